The van der Waals surface area contributed by atoms with Crippen molar-refractivity contribution >= 4 is 23.8 Å². The molecule has 1 aromatic carbocycles. The van der Waals surface area contributed by atoms with E-state index in [0.717, 1.165) is 10.5 Å². The molecule has 0 aromatic heterocycles. The van der Waals surface area contributed by atoms with Crippen molar-refractivity contribution in [2.45, 2.75) is 19.1 Å². The summed E-state index contributed by atoms with van der Waals surface area (Å²) in [7, 11) is 1.19. The molecule has 1 aliphatic heterocycles. The molecule has 1 heterocycles. The second-order valence-electron chi connectivity index (χ2n) is 5.22. The van der Waals surface area contributed by atoms with Crippen molar-refractivity contribution in [1.82, 2.24) is 10.2 Å². The third-order valence-corrected chi connectivity index (χ3v) is 3.53. The zero-order valence-corrected chi connectivity index (χ0v) is 13.2. The van der Waals surface area contributed by atoms with Gasteiger partial charge in [0.25, 0.3) is 0 Å². The lowest BCUT2D eigenvalue weighted by atomic mass is 10.2. The Morgan fingerprint density at radius 3 is 2.62 bits per heavy atom. The minimum Gasteiger partial charge on any atom is -0.467 e. The van der Waals surface area contributed by atoms with Gasteiger partial charge in [0.15, 0.2) is 5.78 Å². The maximum absolute atomic E-state index is 12.1. The smallest absolute Gasteiger partial charge is 0.407 e. The van der Waals surface area contributed by atoms with Crippen LogP contribution in [0.2, 0.25) is 0 Å². The van der Waals surface area contributed by atoms with E-state index in [9.17, 15) is 19.2 Å². The van der Waals surface area contributed by atoms with Crippen LogP contribution in [0.4, 0.5) is 4.79 Å². The molecule has 1 aromatic rings. The molecular formula is C16H18N2O6. The van der Waals surface area contributed by atoms with Crippen molar-refractivity contribution in [3.63, 3.8) is 0 Å². The first-order chi connectivity index (χ1) is 11.5. The lowest BCUT2D eigenvalue weighted by Gasteiger charge is -2.21. The summed E-state index contributed by atoms with van der Waals surface area (Å²) in [5.41, 5.74) is 0.815. The maximum Gasteiger partial charge on any atom is 0.407 e. The monoisotopic (exact) mass is 334 g/mol. The number of likely N-dealkylation sites (tertiary alicyclic amines) is 1. The summed E-state index contributed by atoms with van der Waals surface area (Å²) < 4.78 is 9.56. The van der Waals surface area contributed by atoms with Gasteiger partial charge in [0.1, 0.15) is 19.2 Å². The summed E-state index contributed by atoms with van der Waals surface area (Å²) in [6, 6.07) is 8.15. The number of ketones is 1. The molecule has 1 aliphatic rings. The number of hydrogen-bond donors (Lipinski definition) is 1. The first kappa shape index (κ1) is 17.5. The number of benzene rings is 1. The van der Waals surface area contributed by atoms with Gasteiger partial charge < -0.3 is 19.7 Å². The van der Waals surface area contributed by atoms with E-state index >= 15 is 0 Å². The molecule has 1 N–H and O–H groups in total. The Kier molecular flexibility index (Phi) is 5.89. The van der Waals surface area contributed by atoms with Crippen LogP contribution in [-0.4, -0.2) is 54.9 Å². The van der Waals surface area contributed by atoms with E-state index in [2.05, 4.69) is 10.1 Å². The molecule has 2 amide bonds. The van der Waals surface area contributed by atoms with Gasteiger partial charge >= 0.3 is 12.1 Å². The SMILES string of the molecule is COC(=O)[C@@H]1CC(=O)CN1C(=O)CNC(=O)OCc1ccccc1. The minimum absolute atomic E-state index is 0.0726. The number of ether oxygens (including phenoxy) is 2. The largest absolute Gasteiger partial charge is 0.467 e. The Labute approximate surface area is 138 Å². The average Bonchev–Trinajstić information content (AvgIpc) is 3.00. The second kappa shape index (κ2) is 8.09. The number of esters is 1. The molecule has 0 aliphatic carbocycles. The Morgan fingerprint density at radius 1 is 1.25 bits per heavy atom. The van der Waals surface area contributed by atoms with Crippen LogP contribution in [0, 0.1) is 0 Å². The van der Waals surface area contributed by atoms with Gasteiger partial charge in [-0.1, -0.05) is 30.3 Å². The Hall–Kier alpha value is -2.90. The van der Waals surface area contributed by atoms with Gasteiger partial charge in [-0.25, -0.2) is 9.59 Å². The van der Waals surface area contributed by atoms with E-state index in [1.54, 1.807) is 12.1 Å². The summed E-state index contributed by atoms with van der Waals surface area (Å²) in [6.07, 6.45) is -0.830. The van der Waals surface area contributed by atoms with Crippen LogP contribution in [-0.2, 0) is 30.5 Å². The van der Waals surface area contributed by atoms with Crippen LogP contribution in [0.15, 0.2) is 30.3 Å². The van der Waals surface area contributed by atoms with Crippen LogP contribution < -0.4 is 5.32 Å². The van der Waals surface area contributed by atoms with Gasteiger partial charge in [-0.15, -0.1) is 0 Å². The summed E-state index contributed by atoms with van der Waals surface area (Å²) in [5, 5.41) is 2.31. The van der Waals surface area contributed by atoms with E-state index in [4.69, 9.17) is 4.74 Å². The minimum atomic E-state index is -0.933. The van der Waals surface area contributed by atoms with E-state index in [-0.39, 0.29) is 31.9 Å². The van der Waals surface area contributed by atoms with Crippen LogP contribution in [0.1, 0.15) is 12.0 Å². The lowest BCUT2D eigenvalue weighted by molar-refractivity contribution is -0.150. The fourth-order valence-corrected chi connectivity index (χ4v) is 2.32. The van der Waals surface area contributed by atoms with Crippen LogP contribution in [0.5, 0.6) is 0 Å². The maximum atomic E-state index is 12.1. The highest BCUT2D eigenvalue weighted by molar-refractivity contribution is 5.98. The lowest BCUT2D eigenvalue weighted by Crippen LogP contribution is -2.46. The molecule has 0 unspecified atom stereocenters. The summed E-state index contributed by atoms with van der Waals surface area (Å²) in [6.45, 7) is -0.457. The van der Waals surface area contributed by atoms with Gasteiger partial charge in [0.2, 0.25) is 5.91 Å². The highest BCUT2D eigenvalue weighted by atomic mass is 16.5. The van der Waals surface area contributed by atoms with Crippen molar-refractivity contribution < 1.29 is 28.7 Å². The molecule has 8 nitrogen and oxygen atoms in total. The number of nitrogens with zero attached hydrogens (tertiary/aromatic N) is 1. The van der Waals surface area contributed by atoms with Crippen LogP contribution in [0.3, 0.4) is 0 Å². The number of alkyl carbamates (subject to hydrolysis) is 1. The Morgan fingerprint density at radius 2 is 1.96 bits per heavy atom. The van der Waals surface area contributed by atoms with E-state index in [1.165, 1.54) is 7.11 Å². The molecule has 0 saturated carbocycles. The number of hydrogen-bond acceptors (Lipinski definition) is 6. The number of Topliss-reactive ketones (excluding diaryl/α,β-unsaturated/α-hetero) is 1. The predicted octanol–water partition coefficient (Wildman–Crippen LogP) is 0.256. The van der Waals surface area contributed by atoms with Crippen molar-refractivity contribution in [3.8, 4) is 0 Å². The van der Waals surface area contributed by atoms with E-state index in [1.807, 2.05) is 18.2 Å². The standard InChI is InChI=1S/C16H18N2O6/c1-23-15(21)13-7-12(19)9-18(13)14(20)8-17-16(22)24-10-11-5-3-2-4-6-11/h2-6,13H,7-10H2,1H3,(H,17,22)/t13-/m0/s1. The fourth-order valence-electron chi connectivity index (χ4n) is 2.32. The molecule has 0 spiro atoms. The van der Waals surface area contributed by atoms with Crippen molar-refractivity contribution in [1.29, 1.82) is 0 Å². The molecule has 0 radical (unpaired) electrons. The zero-order chi connectivity index (χ0) is 17.5. The third-order valence-electron chi connectivity index (χ3n) is 3.53. The summed E-state index contributed by atoms with van der Waals surface area (Å²) in [4.78, 5) is 47.9. The molecule has 8 heteroatoms. The highest BCUT2D eigenvalue weighted by Crippen LogP contribution is 2.15. The number of amides is 2. The fraction of sp³-hybridized carbons (Fsp3) is 0.375. The van der Waals surface area contributed by atoms with Gasteiger partial charge in [0.05, 0.1) is 13.7 Å². The van der Waals surface area contributed by atoms with Crippen LogP contribution >= 0.6 is 0 Å². The van der Waals surface area contributed by atoms with Crippen molar-refractivity contribution in [2.24, 2.45) is 0 Å². The number of methoxy groups -OCH3 is 1. The average molecular weight is 334 g/mol. The van der Waals surface area contributed by atoms with E-state index in [0.29, 0.717) is 0 Å². The number of carbonyl (C=O) groups is 4. The molecule has 2 rings (SSSR count). The van der Waals surface area contributed by atoms with Gasteiger partial charge in [-0.05, 0) is 5.56 Å². The highest BCUT2D eigenvalue weighted by Gasteiger charge is 2.39. The number of nitrogens with one attached hydrogen (secondary N) is 1. The van der Waals surface area contributed by atoms with Gasteiger partial charge in [-0.2, -0.15) is 0 Å². The second-order valence-corrected chi connectivity index (χ2v) is 5.22. The zero-order valence-electron chi connectivity index (χ0n) is 13.2. The predicted molar refractivity (Wildman–Crippen MR) is 81.8 cm³/mol. The summed E-state index contributed by atoms with van der Waals surface area (Å²) in [5.74, 6) is -1.43. The molecule has 1 fully saturated rings. The normalized spacial score (nSPS) is 16.6. The van der Waals surface area contributed by atoms with Gasteiger partial charge in [-0.3, -0.25) is 9.59 Å². The quantitative estimate of drug-likeness (QED) is 0.775. The van der Waals surface area contributed by atoms with Crippen molar-refractivity contribution in [2.75, 3.05) is 20.2 Å². The molecule has 24 heavy (non-hydrogen) atoms. The van der Waals surface area contributed by atoms with Crippen LogP contribution in [0.25, 0.3) is 0 Å². The molecular weight excluding hydrogens is 316 g/mol. The first-order valence-electron chi connectivity index (χ1n) is 7.35. The Balaban J connectivity index is 1.80. The molecule has 1 saturated heterocycles. The van der Waals surface area contributed by atoms with E-state index < -0.39 is 24.0 Å². The Bertz CT molecular complexity index is 631. The number of carbonyl (C=O) groups excluding carboxylic acids is 4. The molecule has 1 atom stereocenters. The molecule has 128 valence electrons. The molecule has 0 bridgehead atoms. The first-order valence-corrected chi connectivity index (χ1v) is 7.35. The van der Waals surface area contributed by atoms with Gasteiger partial charge in [0, 0.05) is 6.42 Å². The third kappa shape index (κ3) is 4.55. The summed E-state index contributed by atoms with van der Waals surface area (Å²) >= 11 is 0. The number of rotatable bonds is 5. The topological polar surface area (TPSA) is 102 Å². The van der Waals surface area contributed by atoms with Crippen molar-refractivity contribution in [3.05, 3.63) is 35.9 Å².